The Kier molecular flexibility index (Phi) is 4.08. The monoisotopic (exact) mass is 313 g/mol. The number of nitrogens with zero attached hydrogens (tertiary/aromatic N) is 3. The largest absolute Gasteiger partial charge is 0.388 e. The average molecular weight is 314 g/mol. The van der Waals surface area contributed by atoms with Gasteiger partial charge in [0.2, 0.25) is 0 Å². The number of aliphatic hydroxyl groups excluding tert-OH is 1. The number of hydrogen-bond acceptors (Lipinski definition) is 3. The molecular formula is C12H13BrFN3O. The maximum atomic E-state index is 13.7. The second kappa shape index (κ2) is 5.58. The van der Waals surface area contributed by atoms with Crippen LogP contribution in [-0.2, 0) is 13.0 Å². The number of aliphatic hydroxyl groups is 1. The van der Waals surface area contributed by atoms with Crippen molar-refractivity contribution in [2.75, 3.05) is 0 Å². The molecule has 0 aliphatic heterocycles. The molecule has 0 spiro atoms. The Labute approximate surface area is 113 Å². The molecule has 2 rings (SSSR count). The molecule has 1 unspecified atom stereocenters. The Morgan fingerprint density at radius 1 is 1.50 bits per heavy atom. The predicted octanol–water partition coefficient (Wildman–Crippen LogP) is 2.48. The Morgan fingerprint density at radius 2 is 2.28 bits per heavy atom. The first-order chi connectivity index (χ1) is 8.63. The van der Waals surface area contributed by atoms with E-state index in [-0.39, 0.29) is 12.0 Å². The highest BCUT2D eigenvalue weighted by Gasteiger charge is 2.18. The normalized spacial score (nSPS) is 12.7. The Hall–Kier alpha value is -1.27. The van der Waals surface area contributed by atoms with E-state index in [0.29, 0.717) is 16.8 Å². The van der Waals surface area contributed by atoms with E-state index in [1.807, 2.05) is 6.92 Å². The molecule has 0 saturated carbocycles. The van der Waals surface area contributed by atoms with Crippen LogP contribution in [0.5, 0.6) is 0 Å². The number of benzene rings is 1. The van der Waals surface area contributed by atoms with Gasteiger partial charge in [0.05, 0.1) is 6.10 Å². The number of aryl methyl sites for hydroxylation is 1. The molecule has 18 heavy (non-hydrogen) atoms. The summed E-state index contributed by atoms with van der Waals surface area (Å²) < 4.78 is 15.9. The van der Waals surface area contributed by atoms with E-state index in [2.05, 4.69) is 26.0 Å². The quantitative estimate of drug-likeness (QED) is 0.943. The summed E-state index contributed by atoms with van der Waals surface area (Å²) in [5, 5.41) is 14.1. The molecule has 1 heterocycles. The first-order valence-corrected chi connectivity index (χ1v) is 6.41. The maximum Gasteiger partial charge on any atom is 0.138 e. The van der Waals surface area contributed by atoms with Gasteiger partial charge in [-0.05, 0) is 19.1 Å². The zero-order valence-electron chi connectivity index (χ0n) is 9.85. The summed E-state index contributed by atoms with van der Waals surface area (Å²) in [7, 11) is 0. The second-order valence-corrected chi connectivity index (χ2v) is 4.70. The van der Waals surface area contributed by atoms with Gasteiger partial charge in [0.25, 0.3) is 0 Å². The van der Waals surface area contributed by atoms with E-state index in [9.17, 15) is 9.50 Å². The topological polar surface area (TPSA) is 50.9 Å². The molecule has 2 aromatic rings. The lowest BCUT2D eigenvalue weighted by molar-refractivity contribution is 0.168. The van der Waals surface area contributed by atoms with Gasteiger partial charge in [-0.25, -0.2) is 9.37 Å². The van der Waals surface area contributed by atoms with Gasteiger partial charge in [0, 0.05) is 23.0 Å². The van der Waals surface area contributed by atoms with Gasteiger partial charge in [0.1, 0.15) is 18.0 Å². The fourth-order valence-corrected chi connectivity index (χ4v) is 2.42. The molecule has 1 N–H and O–H groups in total. The minimum atomic E-state index is -0.949. The molecule has 1 aromatic carbocycles. The highest BCUT2D eigenvalue weighted by atomic mass is 79.9. The molecule has 1 aromatic heterocycles. The van der Waals surface area contributed by atoms with Gasteiger partial charge in [0.15, 0.2) is 0 Å². The van der Waals surface area contributed by atoms with Crippen LogP contribution < -0.4 is 0 Å². The summed E-state index contributed by atoms with van der Waals surface area (Å²) in [5.41, 5.74) is 0.253. The zero-order chi connectivity index (χ0) is 13.1. The molecule has 0 aliphatic rings. The maximum absolute atomic E-state index is 13.7. The first kappa shape index (κ1) is 13.2. The van der Waals surface area contributed by atoms with Crippen molar-refractivity contribution in [3.63, 3.8) is 0 Å². The fourth-order valence-electron chi connectivity index (χ4n) is 1.81. The fraction of sp³-hybridized carbons (Fsp3) is 0.333. The standard InChI is InChI=1S/C12H13BrFN3O/c1-2-17-11(15-7-16-17)6-10(18)12-8(13)4-3-5-9(12)14/h3-5,7,10,18H,2,6H2,1H3. The van der Waals surface area contributed by atoms with E-state index in [1.54, 1.807) is 16.8 Å². The summed E-state index contributed by atoms with van der Waals surface area (Å²) in [5.74, 6) is 0.208. The van der Waals surface area contributed by atoms with Crippen LogP contribution in [0, 0.1) is 5.82 Å². The molecule has 0 amide bonds. The van der Waals surface area contributed by atoms with Gasteiger partial charge in [-0.15, -0.1) is 0 Å². The molecule has 4 nitrogen and oxygen atoms in total. The van der Waals surface area contributed by atoms with Gasteiger partial charge < -0.3 is 5.11 Å². The van der Waals surface area contributed by atoms with Crippen molar-refractivity contribution in [2.24, 2.45) is 0 Å². The summed E-state index contributed by atoms with van der Waals surface area (Å²) in [6.45, 7) is 2.60. The molecular weight excluding hydrogens is 301 g/mol. The van der Waals surface area contributed by atoms with Crippen molar-refractivity contribution < 1.29 is 9.50 Å². The third-order valence-electron chi connectivity index (χ3n) is 2.70. The summed E-state index contributed by atoms with van der Waals surface area (Å²) >= 11 is 3.24. The minimum absolute atomic E-state index is 0.230. The van der Waals surface area contributed by atoms with Crippen molar-refractivity contribution in [3.05, 3.63) is 46.2 Å². The van der Waals surface area contributed by atoms with Crippen LogP contribution in [0.3, 0.4) is 0 Å². The number of aromatic nitrogens is 3. The van der Waals surface area contributed by atoms with Crippen molar-refractivity contribution in [3.8, 4) is 0 Å². The minimum Gasteiger partial charge on any atom is -0.388 e. The van der Waals surface area contributed by atoms with E-state index in [0.717, 1.165) is 0 Å². The highest BCUT2D eigenvalue weighted by molar-refractivity contribution is 9.10. The molecule has 1 atom stereocenters. The molecule has 0 radical (unpaired) electrons. The SMILES string of the molecule is CCn1ncnc1CC(O)c1c(F)cccc1Br. The lowest BCUT2D eigenvalue weighted by Gasteiger charge is -2.13. The van der Waals surface area contributed by atoms with Crippen molar-refractivity contribution in [1.29, 1.82) is 0 Å². The van der Waals surface area contributed by atoms with Crippen LogP contribution in [-0.4, -0.2) is 19.9 Å². The predicted molar refractivity (Wildman–Crippen MR) is 68.5 cm³/mol. The lowest BCUT2D eigenvalue weighted by Crippen LogP contribution is -2.11. The van der Waals surface area contributed by atoms with Gasteiger partial charge >= 0.3 is 0 Å². The van der Waals surface area contributed by atoms with E-state index in [1.165, 1.54) is 12.4 Å². The highest BCUT2D eigenvalue weighted by Crippen LogP contribution is 2.28. The molecule has 6 heteroatoms. The third kappa shape index (κ3) is 2.59. The smallest absolute Gasteiger partial charge is 0.138 e. The zero-order valence-corrected chi connectivity index (χ0v) is 11.4. The van der Waals surface area contributed by atoms with Gasteiger partial charge in [-0.3, -0.25) is 4.68 Å². The Morgan fingerprint density at radius 3 is 2.94 bits per heavy atom. The van der Waals surface area contributed by atoms with Crippen LogP contribution in [0.1, 0.15) is 24.4 Å². The Balaban J connectivity index is 2.25. The number of rotatable bonds is 4. The van der Waals surface area contributed by atoms with Crippen LogP contribution in [0.15, 0.2) is 29.0 Å². The molecule has 0 aliphatic carbocycles. The third-order valence-corrected chi connectivity index (χ3v) is 3.40. The summed E-state index contributed by atoms with van der Waals surface area (Å²) in [6.07, 6.45) is 0.713. The van der Waals surface area contributed by atoms with Crippen LogP contribution in [0.4, 0.5) is 4.39 Å². The van der Waals surface area contributed by atoms with Crippen molar-refractivity contribution >= 4 is 15.9 Å². The van der Waals surface area contributed by atoms with E-state index < -0.39 is 11.9 Å². The van der Waals surface area contributed by atoms with Gasteiger partial charge in [-0.2, -0.15) is 5.10 Å². The van der Waals surface area contributed by atoms with Crippen LogP contribution in [0.2, 0.25) is 0 Å². The van der Waals surface area contributed by atoms with Crippen LogP contribution >= 0.6 is 15.9 Å². The lowest BCUT2D eigenvalue weighted by atomic mass is 10.1. The summed E-state index contributed by atoms with van der Waals surface area (Å²) in [4.78, 5) is 4.07. The first-order valence-electron chi connectivity index (χ1n) is 5.62. The van der Waals surface area contributed by atoms with E-state index in [4.69, 9.17) is 0 Å². The van der Waals surface area contributed by atoms with E-state index >= 15 is 0 Å². The van der Waals surface area contributed by atoms with Crippen molar-refractivity contribution in [1.82, 2.24) is 14.8 Å². The van der Waals surface area contributed by atoms with Crippen molar-refractivity contribution in [2.45, 2.75) is 26.0 Å². The molecule has 96 valence electrons. The molecule has 0 saturated heterocycles. The molecule has 0 fully saturated rings. The Bertz CT molecular complexity index is 524. The van der Waals surface area contributed by atoms with Crippen LogP contribution in [0.25, 0.3) is 0 Å². The van der Waals surface area contributed by atoms with Gasteiger partial charge in [-0.1, -0.05) is 22.0 Å². The number of halogens is 2. The molecule has 0 bridgehead atoms. The number of hydrogen-bond donors (Lipinski definition) is 1. The second-order valence-electron chi connectivity index (χ2n) is 3.85. The summed E-state index contributed by atoms with van der Waals surface area (Å²) in [6, 6.07) is 4.62. The average Bonchev–Trinajstić information content (AvgIpc) is 2.76.